The molecule has 0 radical (unpaired) electrons. The van der Waals surface area contributed by atoms with Crippen LogP contribution in [0.1, 0.15) is 6.42 Å². The summed E-state index contributed by atoms with van der Waals surface area (Å²) in [5.74, 6) is -1.10. The SMILES string of the molecule is O=C(O)CC1=c2cc(F)ccc2=C2C=CC=CC2O1. The maximum absolute atomic E-state index is 13.4. The monoisotopic (exact) mass is 258 g/mol. The third-order valence-corrected chi connectivity index (χ3v) is 3.15. The van der Waals surface area contributed by atoms with Gasteiger partial charge in [0.15, 0.2) is 0 Å². The average molecular weight is 258 g/mol. The zero-order chi connectivity index (χ0) is 13.4. The molecule has 0 bridgehead atoms. The number of allylic oxidation sites excluding steroid dienone is 2. The van der Waals surface area contributed by atoms with Crippen LogP contribution in [0.25, 0.3) is 11.3 Å². The number of benzene rings is 1. The minimum Gasteiger partial charge on any atom is -0.485 e. The Morgan fingerprint density at radius 1 is 1.32 bits per heavy atom. The maximum atomic E-state index is 13.4. The van der Waals surface area contributed by atoms with Crippen LogP contribution in [0.4, 0.5) is 4.39 Å². The molecule has 1 N–H and O–H groups in total. The lowest BCUT2D eigenvalue weighted by Crippen LogP contribution is -2.39. The largest absolute Gasteiger partial charge is 0.485 e. The van der Waals surface area contributed by atoms with Crippen molar-refractivity contribution in [1.29, 1.82) is 0 Å². The fourth-order valence-corrected chi connectivity index (χ4v) is 2.36. The van der Waals surface area contributed by atoms with Gasteiger partial charge in [0.05, 0.1) is 0 Å². The number of rotatable bonds is 2. The lowest BCUT2D eigenvalue weighted by Gasteiger charge is -2.24. The second-order valence-corrected chi connectivity index (χ2v) is 4.42. The highest BCUT2D eigenvalue weighted by molar-refractivity contribution is 5.78. The van der Waals surface area contributed by atoms with Gasteiger partial charge in [0.1, 0.15) is 24.1 Å². The molecule has 1 aliphatic heterocycles. The number of aliphatic carboxylic acids is 1. The molecular formula is C15H11FO3. The van der Waals surface area contributed by atoms with Crippen LogP contribution in [0.2, 0.25) is 0 Å². The molecule has 4 heteroatoms. The third kappa shape index (κ3) is 2.05. The van der Waals surface area contributed by atoms with Crippen molar-refractivity contribution in [3.8, 4) is 0 Å². The number of hydrogen-bond acceptors (Lipinski definition) is 2. The van der Waals surface area contributed by atoms with Crippen LogP contribution in [0.3, 0.4) is 0 Å². The Hall–Kier alpha value is -2.36. The number of ether oxygens (including phenoxy) is 1. The molecule has 1 aliphatic carbocycles. The van der Waals surface area contributed by atoms with Crippen molar-refractivity contribution >= 4 is 17.3 Å². The zero-order valence-electron chi connectivity index (χ0n) is 9.97. The van der Waals surface area contributed by atoms with Crippen molar-refractivity contribution < 1.29 is 19.0 Å². The summed E-state index contributed by atoms with van der Waals surface area (Å²) in [5, 5.41) is 10.3. The molecule has 1 heterocycles. The number of halogens is 1. The average Bonchev–Trinajstić information content (AvgIpc) is 2.38. The van der Waals surface area contributed by atoms with E-state index < -0.39 is 11.8 Å². The molecule has 2 aliphatic rings. The molecule has 0 saturated carbocycles. The van der Waals surface area contributed by atoms with E-state index in [-0.39, 0.29) is 12.5 Å². The van der Waals surface area contributed by atoms with E-state index in [2.05, 4.69) is 0 Å². The van der Waals surface area contributed by atoms with Gasteiger partial charge in [-0.05, 0) is 23.4 Å². The lowest BCUT2D eigenvalue weighted by molar-refractivity contribution is -0.136. The van der Waals surface area contributed by atoms with Gasteiger partial charge in [0.25, 0.3) is 0 Å². The Morgan fingerprint density at radius 2 is 2.16 bits per heavy atom. The van der Waals surface area contributed by atoms with Crippen molar-refractivity contribution in [2.45, 2.75) is 12.5 Å². The first-order valence-electron chi connectivity index (χ1n) is 5.91. The number of carbonyl (C=O) groups is 1. The van der Waals surface area contributed by atoms with E-state index in [9.17, 15) is 9.18 Å². The smallest absolute Gasteiger partial charge is 0.311 e. The van der Waals surface area contributed by atoms with Crippen LogP contribution in [-0.4, -0.2) is 17.2 Å². The summed E-state index contributed by atoms with van der Waals surface area (Å²) in [6.45, 7) is 0. The van der Waals surface area contributed by atoms with Crippen molar-refractivity contribution in [3.63, 3.8) is 0 Å². The summed E-state index contributed by atoms with van der Waals surface area (Å²) >= 11 is 0. The van der Waals surface area contributed by atoms with Crippen LogP contribution in [-0.2, 0) is 9.53 Å². The second kappa shape index (κ2) is 4.39. The molecule has 1 atom stereocenters. The molecule has 0 amide bonds. The third-order valence-electron chi connectivity index (χ3n) is 3.15. The predicted molar refractivity (Wildman–Crippen MR) is 67.9 cm³/mol. The van der Waals surface area contributed by atoms with Gasteiger partial charge in [0.2, 0.25) is 0 Å². The zero-order valence-corrected chi connectivity index (χ0v) is 9.97. The summed E-state index contributed by atoms with van der Waals surface area (Å²) in [6.07, 6.45) is 6.93. The first kappa shape index (κ1) is 11.7. The van der Waals surface area contributed by atoms with E-state index in [1.165, 1.54) is 12.1 Å². The van der Waals surface area contributed by atoms with Crippen LogP contribution in [0.5, 0.6) is 0 Å². The van der Waals surface area contributed by atoms with Gasteiger partial charge >= 0.3 is 5.97 Å². The van der Waals surface area contributed by atoms with Crippen LogP contribution >= 0.6 is 0 Å². The fraction of sp³-hybridized carbons (Fsp3) is 0.133. The Balaban J connectivity index is 2.33. The first-order valence-corrected chi connectivity index (χ1v) is 5.91. The molecule has 0 saturated heterocycles. The molecule has 1 aromatic carbocycles. The number of carboxylic acid groups (broad SMARTS) is 1. The quantitative estimate of drug-likeness (QED) is 0.863. The van der Waals surface area contributed by atoms with Gasteiger partial charge in [-0.2, -0.15) is 0 Å². The topological polar surface area (TPSA) is 46.5 Å². The molecule has 0 aromatic heterocycles. The predicted octanol–water partition coefficient (Wildman–Crippen LogP) is 1.08. The minimum atomic E-state index is -0.996. The van der Waals surface area contributed by atoms with Gasteiger partial charge in [-0.1, -0.05) is 24.3 Å². The van der Waals surface area contributed by atoms with Crippen molar-refractivity contribution in [2.24, 2.45) is 0 Å². The Bertz CT molecular complexity index is 728. The fourth-order valence-electron chi connectivity index (χ4n) is 2.36. The van der Waals surface area contributed by atoms with Crippen LogP contribution in [0, 0.1) is 5.82 Å². The minimum absolute atomic E-state index is 0.252. The number of hydrogen-bond donors (Lipinski definition) is 1. The van der Waals surface area contributed by atoms with Gasteiger partial charge in [-0.3, -0.25) is 4.79 Å². The maximum Gasteiger partial charge on any atom is 0.311 e. The number of carboxylic acids is 1. The van der Waals surface area contributed by atoms with Crippen molar-refractivity contribution in [2.75, 3.05) is 0 Å². The Kier molecular flexibility index (Phi) is 2.71. The van der Waals surface area contributed by atoms with Crippen LogP contribution in [0.15, 0.2) is 42.5 Å². The molecule has 0 spiro atoms. The summed E-state index contributed by atoms with van der Waals surface area (Å²) in [5.41, 5.74) is 0.923. The Morgan fingerprint density at radius 3 is 2.95 bits per heavy atom. The number of fused-ring (bicyclic) bond motifs is 2. The standard InChI is InChI=1S/C15H11FO3/c16-9-5-6-10-11-3-1-2-4-13(11)19-14(8-15(17)18)12(10)7-9/h1-7,13H,8H2,(H,17,18). The molecule has 0 fully saturated rings. The summed E-state index contributed by atoms with van der Waals surface area (Å²) in [6, 6.07) is 4.36. The summed E-state index contributed by atoms with van der Waals surface area (Å²) in [7, 11) is 0. The highest BCUT2D eigenvalue weighted by Crippen LogP contribution is 2.21. The Labute approximate surface area is 108 Å². The second-order valence-electron chi connectivity index (χ2n) is 4.42. The van der Waals surface area contributed by atoms with E-state index in [1.54, 1.807) is 6.07 Å². The summed E-state index contributed by atoms with van der Waals surface area (Å²) in [4.78, 5) is 10.9. The van der Waals surface area contributed by atoms with Crippen LogP contribution < -0.4 is 10.4 Å². The van der Waals surface area contributed by atoms with Gasteiger partial charge in [-0.15, -0.1) is 0 Å². The molecule has 3 nitrogen and oxygen atoms in total. The van der Waals surface area contributed by atoms with E-state index in [4.69, 9.17) is 9.84 Å². The highest BCUT2D eigenvalue weighted by atomic mass is 19.1. The molecule has 1 aromatic rings. The van der Waals surface area contributed by atoms with Gasteiger partial charge in [0, 0.05) is 10.8 Å². The molecular weight excluding hydrogens is 247 g/mol. The molecule has 3 rings (SSSR count). The van der Waals surface area contributed by atoms with E-state index >= 15 is 0 Å². The molecule has 96 valence electrons. The van der Waals surface area contributed by atoms with Gasteiger partial charge in [-0.25, -0.2) is 4.39 Å². The lowest BCUT2D eigenvalue weighted by atomic mass is 9.97. The van der Waals surface area contributed by atoms with E-state index in [1.807, 2.05) is 24.3 Å². The van der Waals surface area contributed by atoms with Crippen molar-refractivity contribution in [1.82, 2.24) is 0 Å². The molecule has 1 unspecified atom stereocenters. The molecule has 19 heavy (non-hydrogen) atoms. The normalized spacial score (nSPS) is 19.7. The summed E-state index contributed by atoms with van der Waals surface area (Å²) < 4.78 is 19.0. The first-order chi connectivity index (χ1) is 9.15. The van der Waals surface area contributed by atoms with E-state index in [0.29, 0.717) is 11.0 Å². The van der Waals surface area contributed by atoms with E-state index in [0.717, 1.165) is 10.8 Å². The van der Waals surface area contributed by atoms with Gasteiger partial charge < -0.3 is 9.84 Å². The van der Waals surface area contributed by atoms with Crippen molar-refractivity contribution in [3.05, 3.63) is 58.8 Å². The highest BCUT2D eigenvalue weighted by Gasteiger charge is 2.22.